The number of alkyl halides is 3. The third-order valence-corrected chi connectivity index (χ3v) is 3.01. The van der Waals surface area contributed by atoms with Crippen molar-refractivity contribution in [2.75, 3.05) is 6.61 Å². The van der Waals surface area contributed by atoms with Crippen molar-refractivity contribution in [3.63, 3.8) is 0 Å². The molecule has 1 aromatic rings. The fraction of sp³-hybridized carbons (Fsp3) is 0.417. The van der Waals surface area contributed by atoms with E-state index in [1.807, 2.05) is 0 Å². The largest absolute Gasteiger partial charge is 0.421 e. The molecule has 9 heteroatoms. The van der Waals surface area contributed by atoms with Crippen molar-refractivity contribution >= 4 is 15.2 Å². The molecule has 0 amide bonds. The average Bonchev–Trinajstić information content (AvgIpc) is 2.41. The molecule has 1 heterocycles. The second-order valence-corrected chi connectivity index (χ2v) is 4.56. The van der Waals surface area contributed by atoms with Crippen LogP contribution in [-0.2, 0) is 9.53 Å². The molecule has 1 fully saturated rings. The highest BCUT2D eigenvalue weighted by molar-refractivity contribution is 7.13. The molecule has 2 rings (SSSR count). The van der Waals surface area contributed by atoms with Gasteiger partial charge in [0.15, 0.2) is 5.78 Å². The van der Waals surface area contributed by atoms with Gasteiger partial charge in [0, 0.05) is 12.5 Å². The molecule has 0 aromatic heterocycles. The van der Waals surface area contributed by atoms with Crippen LogP contribution >= 0.6 is 9.39 Å². The van der Waals surface area contributed by atoms with Gasteiger partial charge in [0.05, 0.1) is 6.61 Å². The van der Waals surface area contributed by atoms with Gasteiger partial charge < -0.3 is 4.74 Å². The molecule has 1 saturated heterocycles. The van der Waals surface area contributed by atoms with Gasteiger partial charge in [0.1, 0.15) is 11.6 Å². The minimum Gasteiger partial charge on any atom is -0.360 e. The van der Waals surface area contributed by atoms with Crippen molar-refractivity contribution in [2.45, 2.75) is 24.7 Å². The van der Waals surface area contributed by atoms with E-state index in [1.165, 1.54) is 0 Å². The first-order valence-electron chi connectivity index (χ1n) is 5.82. The Kier molecular flexibility index (Phi) is 6.64. The summed E-state index contributed by atoms with van der Waals surface area (Å²) in [5, 5.41) is 2.61. The van der Waals surface area contributed by atoms with E-state index in [-0.39, 0.29) is 19.1 Å². The summed E-state index contributed by atoms with van der Waals surface area (Å²) < 4.78 is 64.4. The van der Waals surface area contributed by atoms with Gasteiger partial charge in [0.2, 0.25) is 6.10 Å². The lowest BCUT2D eigenvalue weighted by Gasteiger charge is -2.28. The topological polar surface area (TPSA) is 38.3 Å². The minimum absolute atomic E-state index is 0.0978. The number of hydrogen-bond acceptors (Lipinski definition) is 3. The Morgan fingerprint density at radius 3 is 1.95 bits per heavy atom. The molecule has 1 N–H and O–H groups in total. The van der Waals surface area contributed by atoms with E-state index in [9.17, 15) is 26.7 Å². The van der Waals surface area contributed by atoms with Crippen molar-refractivity contribution < 1.29 is 31.5 Å². The molecule has 3 unspecified atom stereocenters. The number of ketones is 1. The number of carbonyl (C=O) groups excluding carboxylic acids is 1. The molecule has 0 bridgehead atoms. The maximum atomic E-state index is 12.1. The Balaban J connectivity index is 0.000000235. The molecule has 1 aliphatic rings. The van der Waals surface area contributed by atoms with E-state index in [0.29, 0.717) is 0 Å². The van der Waals surface area contributed by atoms with Crippen LogP contribution in [0.4, 0.5) is 22.0 Å². The molecule has 1 aliphatic heterocycles. The van der Waals surface area contributed by atoms with Crippen molar-refractivity contribution in [3.8, 4) is 0 Å². The van der Waals surface area contributed by atoms with Gasteiger partial charge in [-0.1, -0.05) is 9.39 Å². The Bertz CT molecular complexity index is 445. The molecule has 0 aliphatic carbocycles. The number of nitrogens with one attached hydrogen (secondary N) is 1. The van der Waals surface area contributed by atoms with Crippen molar-refractivity contribution in [2.24, 2.45) is 0 Å². The lowest BCUT2D eigenvalue weighted by atomic mass is 10.0. The number of benzene rings is 1. The van der Waals surface area contributed by atoms with Crippen LogP contribution in [-0.4, -0.2) is 30.7 Å². The Hall–Kier alpha value is -1.11. The van der Waals surface area contributed by atoms with Crippen LogP contribution in [0.3, 0.4) is 0 Å². The molecule has 21 heavy (non-hydrogen) atoms. The summed E-state index contributed by atoms with van der Waals surface area (Å²) in [5.41, 5.74) is 0. The molecular weight excluding hydrogens is 316 g/mol. The smallest absolute Gasteiger partial charge is 0.360 e. The number of hydrogen-bond donors (Lipinski definition) is 1. The SMILES string of the molecule is Fc1ccc(F)cc1.O=C1CC(NP)COC1C(F)(F)F. The summed E-state index contributed by atoms with van der Waals surface area (Å²) in [6, 6.07) is 3.98. The molecule has 0 radical (unpaired) electrons. The van der Waals surface area contributed by atoms with E-state index < -0.39 is 29.7 Å². The monoisotopic (exact) mass is 329 g/mol. The first kappa shape index (κ1) is 17.9. The summed E-state index contributed by atoms with van der Waals surface area (Å²) in [5.74, 6) is -1.74. The van der Waals surface area contributed by atoms with Gasteiger partial charge in [-0.25, -0.2) is 8.78 Å². The molecule has 1 aromatic carbocycles. The highest BCUT2D eigenvalue weighted by Crippen LogP contribution is 2.27. The summed E-state index contributed by atoms with van der Waals surface area (Å²) in [6.07, 6.45) is -6.96. The second kappa shape index (κ2) is 7.77. The maximum Gasteiger partial charge on any atom is 0.421 e. The minimum atomic E-state index is -4.58. The summed E-state index contributed by atoms with van der Waals surface area (Å²) in [6.45, 7) is -0.0978. The van der Waals surface area contributed by atoms with Gasteiger partial charge >= 0.3 is 6.18 Å². The molecule has 3 nitrogen and oxygen atoms in total. The second-order valence-electron chi connectivity index (χ2n) is 4.23. The number of Topliss-reactive ketones (excluding diaryl/α,β-unsaturated/α-hetero) is 1. The predicted octanol–water partition coefficient (Wildman–Crippen LogP) is 2.62. The molecular formula is C12H13F5NO2P. The first-order valence-corrected chi connectivity index (χ1v) is 6.40. The van der Waals surface area contributed by atoms with Crippen molar-refractivity contribution in [1.82, 2.24) is 5.09 Å². The molecule has 0 spiro atoms. The zero-order valence-electron chi connectivity index (χ0n) is 10.7. The molecule has 118 valence electrons. The maximum absolute atomic E-state index is 12.1. The zero-order chi connectivity index (χ0) is 16.0. The van der Waals surface area contributed by atoms with E-state index in [0.717, 1.165) is 24.3 Å². The van der Waals surface area contributed by atoms with Gasteiger partial charge in [-0.05, 0) is 24.3 Å². The van der Waals surface area contributed by atoms with Crippen LogP contribution in [0.1, 0.15) is 6.42 Å². The van der Waals surface area contributed by atoms with Crippen LogP contribution in [0.5, 0.6) is 0 Å². The summed E-state index contributed by atoms with van der Waals surface area (Å²) >= 11 is 0. The van der Waals surface area contributed by atoms with E-state index >= 15 is 0 Å². The summed E-state index contributed by atoms with van der Waals surface area (Å²) in [7, 11) is 2.14. The van der Waals surface area contributed by atoms with Gasteiger partial charge in [-0.15, -0.1) is 0 Å². The van der Waals surface area contributed by atoms with E-state index in [4.69, 9.17) is 0 Å². The van der Waals surface area contributed by atoms with Crippen molar-refractivity contribution in [1.29, 1.82) is 0 Å². The standard InChI is InChI=1S/C6H9F3NO2P.C6H4F2/c7-6(8,9)5-4(11)1-3(10-13)2-12-5;7-5-1-2-6(8)4-3-5/h3,5,10H,1-2,13H2;1-4H. The predicted molar refractivity (Wildman–Crippen MR) is 68.4 cm³/mol. The zero-order valence-corrected chi connectivity index (χ0v) is 11.8. The Labute approximate surface area is 120 Å². The third kappa shape index (κ3) is 6.03. The first-order chi connectivity index (χ1) is 9.74. The van der Waals surface area contributed by atoms with Crippen molar-refractivity contribution in [3.05, 3.63) is 35.9 Å². The summed E-state index contributed by atoms with van der Waals surface area (Å²) in [4.78, 5) is 10.9. The quantitative estimate of drug-likeness (QED) is 0.636. The Morgan fingerprint density at radius 1 is 1.14 bits per heavy atom. The van der Waals surface area contributed by atoms with E-state index in [1.54, 1.807) is 0 Å². The number of rotatable bonds is 1. The van der Waals surface area contributed by atoms with Gasteiger partial charge in [-0.2, -0.15) is 13.2 Å². The molecule has 0 saturated carbocycles. The number of carbonyl (C=O) groups is 1. The highest BCUT2D eigenvalue weighted by atomic mass is 31.0. The van der Waals surface area contributed by atoms with Gasteiger partial charge in [-0.3, -0.25) is 9.88 Å². The lowest BCUT2D eigenvalue weighted by molar-refractivity contribution is -0.224. The van der Waals surface area contributed by atoms with E-state index in [2.05, 4.69) is 19.2 Å². The van der Waals surface area contributed by atoms with Crippen LogP contribution < -0.4 is 5.09 Å². The fourth-order valence-electron chi connectivity index (χ4n) is 1.53. The fourth-order valence-corrected chi connectivity index (χ4v) is 1.74. The third-order valence-electron chi connectivity index (χ3n) is 2.54. The van der Waals surface area contributed by atoms with Gasteiger partial charge in [0.25, 0.3) is 0 Å². The molecule has 3 atom stereocenters. The number of ether oxygens (including phenoxy) is 1. The van der Waals surface area contributed by atoms with Crippen LogP contribution in [0.15, 0.2) is 24.3 Å². The average molecular weight is 329 g/mol. The highest BCUT2D eigenvalue weighted by Gasteiger charge is 2.48. The lowest BCUT2D eigenvalue weighted by Crippen LogP contribution is -2.48. The van der Waals surface area contributed by atoms with Crippen LogP contribution in [0, 0.1) is 11.6 Å². The van der Waals surface area contributed by atoms with Crippen LogP contribution in [0.2, 0.25) is 0 Å². The van der Waals surface area contributed by atoms with Crippen LogP contribution in [0.25, 0.3) is 0 Å². The Morgan fingerprint density at radius 2 is 1.62 bits per heavy atom. The number of halogens is 5. The normalized spacial score (nSPS) is 22.5.